The van der Waals surface area contributed by atoms with Gasteiger partial charge in [0.25, 0.3) is 11.6 Å². The lowest BCUT2D eigenvalue weighted by atomic mass is 9.89. The fraction of sp³-hybridized carbons (Fsp3) is 0.357. The third-order valence-electron chi connectivity index (χ3n) is 6.74. The Morgan fingerprint density at radius 2 is 1.78 bits per heavy atom. The lowest BCUT2D eigenvalue weighted by molar-refractivity contribution is -0.385. The standard InChI is InChI=1S/C28H32N4O4/c1-20-11-12-24(28(33)29-16-13-21-7-4-6-10-26(21)36-2)27(30-20)22-14-17-31(18-15-22)19-23-8-3-5-9-25(23)32(34)35/h3-12,22H,13-19H2,1-2H3,(H,29,33). The van der Waals surface area contributed by atoms with Crippen LogP contribution in [-0.2, 0) is 13.0 Å². The van der Waals surface area contributed by atoms with E-state index in [0.717, 1.165) is 54.2 Å². The summed E-state index contributed by atoms with van der Waals surface area (Å²) in [4.78, 5) is 31.2. The fourth-order valence-corrected chi connectivity index (χ4v) is 4.82. The first-order valence-electron chi connectivity index (χ1n) is 12.3. The van der Waals surface area contributed by atoms with E-state index in [2.05, 4.69) is 10.2 Å². The minimum atomic E-state index is -0.322. The topological polar surface area (TPSA) is 97.6 Å². The number of hydrogen-bond donors (Lipinski definition) is 1. The zero-order valence-corrected chi connectivity index (χ0v) is 20.8. The number of hydrogen-bond acceptors (Lipinski definition) is 6. The van der Waals surface area contributed by atoms with Crippen LogP contribution in [0.15, 0.2) is 60.7 Å². The molecule has 188 valence electrons. The Kier molecular flexibility index (Phi) is 8.28. The molecule has 2 aromatic carbocycles. The maximum absolute atomic E-state index is 13.1. The number of likely N-dealkylation sites (tertiary alicyclic amines) is 1. The lowest BCUT2D eigenvalue weighted by Crippen LogP contribution is -2.34. The number of benzene rings is 2. The molecule has 4 rings (SSSR count). The summed E-state index contributed by atoms with van der Waals surface area (Å²) in [6, 6.07) is 18.5. The van der Waals surface area contributed by atoms with Gasteiger partial charge in [-0.15, -0.1) is 0 Å². The van der Waals surface area contributed by atoms with Crippen molar-refractivity contribution in [2.75, 3.05) is 26.7 Å². The second-order valence-corrected chi connectivity index (χ2v) is 9.14. The Morgan fingerprint density at radius 1 is 1.08 bits per heavy atom. The average Bonchev–Trinajstić information content (AvgIpc) is 2.89. The Balaban J connectivity index is 1.39. The molecule has 0 saturated carbocycles. The van der Waals surface area contributed by atoms with Crippen LogP contribution in [0.1, 0.15) is 51.6 Å². The molecule has 0 unspecified atom stereocenters. The molecule has 1 saturated heterocycles. The van der Waals surface area contributed by atoms with Crippen molar-refractivity contribution in [3.63, 3.8) is 0 Å². The summed E-state index contributed by atoms with van der Waals surface area (Å²) >= 11 is 0. The van der Waals surface area contributed by atoms with Gasteiger partial charge in [-0.05, 0) is 63.0 Å². The Labute approximate surface area is 211 Å². The summed E-state index contributed by atoms with van der Waals surface area (Å²) in [5, 5.41) is 14.4. The smallest absolute Gasteiger partial charge is 0.273 e. The monoisotopic (exact) mass is 488 g/mol. The zero-order valence-electron chi connectivity index (χ0n) is 20.8. The molecule has 0 spiro atoms. The highest BCUT2D eigenvalue weighted by Crippen LogP contribution is 2.31. The van der Waals surface area contributed by atoms with Gasteiger partial charge in [-0.2, -0.15) is 0 Å². The molecule has 1 aliphatic heterocycles. The van der Waals surface area contributed by atoms with Gasteiger partial charge in [0.15, 0.2) is 0 Å². The van der Waals surface area contributed by atoms with Crippen molar-refractivity contribution in [3.05, 3.63) is 98.9 Å². The number of para-hydroxylation sites is 2. The minimum absolute atomic E-state index is 0.116. The van der Waals surface area contributed by atoms with Gasteiger partial charge in [0, 0.05) is 36.3 Å². The Bertz CT molecular complexity index is 1220. The van der Waals surface area contributed by atoms with Crippen LogP contribution in [0, 0.1) is 17.0 Å². The predicted molar refractivity (Wildman–Crippen MR) is 138 cm³/mol. The van der Waals surface area contributed by atoms with Gasteiger partial charge in [-0.1, -0.05) is 36.4 Å². The first-order valence-corrected chi connectivity index (χ1v) is 12.3. The summed E-state index contributed by atoms with van der Waals surface area (Å²) in [6.07, 6.45) is 2.37. The number of methoxy groups -OCH3 is 1. The van der Waals surface area contributed by atoms with Gasteiger partial charge in [0.05, 0.1) is 23.3 Å². The molecule has 1 amide bonds. The molecular formula is C28H32N4O4. The zero-order chi connectivity index (χ0) is 25.5. The van der Waals surface area contributed by atoms with Gasteiger partial charge >= 0.3 is 0 Å². The van der Waals surface area contributed by atoms with Crippen LogP contribution < -0.4 is 10.1 Å². The molecule has 2 heterocycles. The largest absolute Gasteiger partial charge is 0.496 e. The molecule has 8 heteroatoms. The quantitative estimate of drug-likeness (QED) is 0.348. The summed E-state index contributed by atoms with van der Waals surface area (Å²) in [6.45, 7) is 4.57. The average molecular weight is 489 g/mol. The molecule has 0 atom stereocenters. The van der Waals surface area contributed by atoms with E-state index >= 15 is 0 Å². The van der Waals surface area contributed by atoms with Crippen LogP contribution in [0.25, 0.3) is 0 Å². The van der Waals surface area contributed by atoms with E-state index in [1.165, 1.54) is 0 Å². The van der Waals surface area contributed by atoms with Crippen LogP contribution in [0.2, 0.25) is 0 Å². The normalized spacial score (nSPS) is 14.4. The summed E-state index contributed by atoms with van der Waals surface area (Å²) in [5.74, 6) is 0.869. The Morgan fingerprint density at radius 3 is 2.50 bits per heavy atom. The molecule has 1 aromatic heterocycles. The first kappa shape index (κ1) is 25.3. The second-order valence-electron chi connectivity index (χ2n) is 9.14. The number of nitrogens with one attached hydrogen (secondary N) is 1. The lowest BCUT2D eigenvalue weighted by Gasteiger charge is -2.32. The third kappa shape index (κ3) is 6.07. The number of amides is 1. The number of pyridine rings is 1. The van der Waals surface area contributed by atoms with Crippen molar-refractivity contribution in [1.29, 1.82) is 0 Å². The van der Waals surface area contributed by atoms with Crippen LogP contribution >= 0.6 is 0 Å². The van der Waals surface area contributed by atoms with E-state index < -0.39 is 0 Å². The van der Waals surface area contributed by atoms with Gasteiger partial charge in [-0.25, -0.2) is 0 Å². The predicted octanol–water partition coefficient (Wildman–Crippen LogP) is 4.66. The van der Waals surface area contributed by atoms with Crippen LogP contribution in [0.5, 0.6) is 5.75 Å². The highest BCUT2D eigenvalue weighted by Gasteiger charge is 2.27. The molecule has 0 radical (unpaired) electrons. The molecule has 1 fully saturated rings. The molecule has 0 bridgehead atoms. The van der Waals surface area contributed by atoms with E-state index in [0.29, 0.717) is 25.1 Å². The van der Waals surface area contributed by atoms with Crippen LogP contribution in [0.4, 0.5) is 5.69 Å². The van der Waals surface area contributed by atoms with E-state index in [9.17, 15) is 14.9 Å². The molecule has 8 nitrogen and oxygen atoms in total. The maximum Gasteiger partial charge on any atom is 0.273 e. The van der Waals surface area contributed by atoms with Crippen molar-refractivity contribution >= 4 is 11.6 Å². The SMILES string of the molecule is COc1ccccc1CCNC(=O)c1ccc(C)nc1C1CCN(Cc2ccccc2[N+](=O)[O-])CC1. The molecule has 1 aliphatic rings. The maximum atomic E-state index is 13.1. The summed E-state index contributed by atoms with van der Waals surface area (Å²) in [5.41, 5.74) is 4.29. The van der Waals surface area contributed by atoms with Crippen LogP contribution in [0.3, 0.4) is 0 Å². The van der Waals surface area contributed by atoms with Crippen LogP contribution in [-0.4, -0.2) is 47.5 Å². The molecule has 3 aromatic rings. The van der Waals surface area contributed by atoms with Crippen molar-refractivity contribution in [3.8, 4) is 5.75 Å². The Hall–Kier alpha value is -3.78. The second kappa shape index (κ2) is 11.8. The fourth-order valence-electron chi connectivity index (χ4n) is 4.82. The number of aryl methyl sites for hydroxylation is 1. The highest BCUT2D eigenvalue weighted by molar-refractivity contribution is 5.95. The van der Waals surface area contributed by atoms with Gasteiger partial charge in [0.1, 0.15) is 5.75 Å². The first-order chi connectivity index (χ1) is 17.5. The number of piperidine rings is 1. The summed E-state index contributed by atoms with van der Waals surface area (Å²) in [7, 11) is 1.65. The number of carbonyl (C=O) groups is 1. The van der Waals surface area contributed by atoms with E-state index in [1.807, 2.05) is 55.5 Å². The number of rotatable bonds is 9. The van der Waals surface area contributed by atoms with Gasteiger partial charge in [-0.3, -0.25) is 24.8 Å². The van der Waals surface area contributed by atoms with E-state index in [-0.39, 0.29) is 22.4 Å². The van der Waals surface area contributed by atoms with Gasteiger partial charge in [0.2, 0.25) is 0 Å². The van der Waals surface area contributed by atoms with E-state index in [1.54, 1.807) is 19.2 Å². The molecular weight excluding hydrogens is 456 g/mol. The van der Waals surface area contributed by atoms with E-state index in [4.69, 9.17) is 9.72 Å². The molecule has 1 N–H and O–H groups in total. The molecule has 36 heavy (non-hydrogen) atoms. The number of aromatic nitrogens is 1. The number of carbonyl (C=O) groups excluding carboxylic acids is 1. The summed E-state index contributed by atoms with van der Waals surface area (Å²) < 4.78 is 5.40. The number of ether oxygens (including phenoxy) is 1. The minimum Gasteiger partial charge on any atom is -0.496 e. The highest BCUT2D eigenvalue weighted by atomic mass is 16.6. The number of nitrogens with zero attached hydrogens (tertiary/aromatic N) is 3. The van der Waals surface area contributed by atoms with Crippen molar-refractivity contribution in [2.24, 2.45) is 0 Å². The molecule has 0 aliphatic carbocycles. The third-order valence-corrected chi connectivity index (χ3v) is 6.74. The number of nitro groups is 1. The van der Waals surface area contributed by atoms with Crippen molar-refractivity contribution in [1.82, 2.24) is 15.2 Å². The number of nitro benzene ring substituents is 1. The van der Waals surface area contributed by atoms with Crippen molar-refractivity contribution in [2.45, 2.75) is 38.6 Å². The van der Waals surface area contributed by atoms with Gasteiger partial charge < -0.3 is 10.1 Å². The van der Waals surface area contributed by atoms with Crippen molar-refractivity contribution < 1.29 is 14.5 Å².